The third-order valence-electron chi connectivity index (χ3n) is 2.69. The van der Waals surface area contributed by atoms with Gasteiger partial charge in [-0.05, 0) is 30.3 Å². The molecule has 0 saturated heterocycles. The van der Waals surface area contributed by atoms with Gasteiger partial charge in [-0.3, -0.25) is 4.79 Å². The maximum atomic E-state index is 13.4. The molecule has 1 aromatic carbocycles. The Morgan fingerprint density at radius 3 is 2.70 bits per heavy atom. The number of anilines is 2. The second kappa shape index (κ2) is 5.88. The van der Waals surface area contributed by atoms with Gasteiger partial charge >= 0.3 is 0 Å². The van der Waals surface area contributed by atoms with Crippen molar-refractivity contribution in [2.75, 3.05) is 24.3 Å². The molecule has 20 heavy (non-hydrogen) atoms. The molecule has 0 aliphatic heterocycles. The van der Waals surface area contributed by atoms with Gasteiger partial charge in [0.05, 0.1) is 16.3 Å². The number of pyridine rings is 1. The maximum absolute atomic E-state index is 13.4. The molecule has 0 bridgehead atoms. The number of nitrogens with zero attached hydrogens (tertiary/aromatic N) is 2. The van der Waals surface area contributed by atoms with Gasteiger partial charge in [0.15, 0.2) is 0 Å². The number of nitrogens with one attached hydrogen (secondary N) is 1. The first-order valence-electron chi connectivity index (χ1n) is 5.88. The summed E-state index contributed by atoms with van der Waals surface area (Å²) in [7, 11) is 3.73. The van der Waals surface area contributed by atoms with E-state index in [2.05, 4.69) is 10.3 Å². The standard InChI is InChI=1S/C14H13ClFN3O/c1-19(2)12-6-5-9(8-11(12)15)18-14(20)10-4-3-7-17-13(10)16/h3-8H,1-2H3,(H,18,20). The largest absolute Gasteiger partial charge is 0.376 e. The van der Waals surface area contributed by atoms with Gasteiger partial charge in [0.1, 0.15) is 0 Å². The van der Waals surface area contributed by atoms with E-state index in [1.807, 2.05) is 19.0 Å². The van der Waals surface area contributed by atoms with E-state index in [0.29, 0.717) is 10.7 Å². The van der Waals surface area contributed by atoms with Crippen molar-refractivity contribution < 1.29 is 9.18 Å². The van der Waals surface area contributed by atoms with Crippen LogP contribution in [0.4, 0.5) is 15.8 Å². The van der Waals surface area contributed by atoms with E-state index in [9.17, 15) is 9.18 Å². The minimum absolute atomic E-state index is 0.111. The highest BCUT2D eigenvalue weighted by Gasteiger charge is 2.13. The number of carbonyl (C=O) groups excluding carboxylic acids is 1. The Kier molecular flexibility index (Phi) is 4.20. The zero-order valence-corrected chi connectivity index (χ0v) is 11.8. The van der Waals surface area contributed by atoms with Crippen LogP contribution in [0.25, 0.3) is 0 Å². The van der Waals surface area contributed by atoms with E-state index in [1.54, 1.807) is 18.2 Å². The molecule has 1 amide bonds. The lowest BCUT2D eigenvalue weighted by atomic mass is 10.2. The predicted octanol–water partition coefficient (Wildman–Crippen LogP) is 3.19. The number of hydrogen-bond donors (Lipinski definition) is 1. The van der Waals surface area contributed by atoms with Gasteiger partial charge in [-0.1, -0.05) is 11.6 Å². The molecule has 4 nitrogen and oxygen atoms in total. The van der Waals surface area contributed by atoms with E-state index < -0.39 is 11.9 Å². The van der Waals surface area contributed by atoms with Crippen LogP contribution in [0, 0.1) is 5.95 Å². The summed E-state index contributed by atoms with van der Waals surface area (Å²) in [5.74, 6) is -1.37. The van der Waals surface area contributed by atoms with Crippen LogP contribution in [0.3, 0.4) is 0 Å². The summed E-state index contributed by atoms with van der Waals surface area (Å²) in [6.45, 7) is 0. The molecule has 104 valence electrons. The topological polar surface area (TPSA) is 45.2 Å². The number of benzene rings is 1. The molecule has 1 heterocycles. The second-order valence-corrected chi connectivity index (χ2v) is 4.76. The summed E-state index contributed by atoms with van der Waals surface area (Å²) in [5, 5.41) is 3.08. The normalized spacial score (nSPS) is 10.2. The van der Waals surface area contributed by atoms with Crippen molar-refractivity contribution in [2.24, 2.45) is 0 Å². The predicted molar refractivity (Wildman–Crippen MR) is 77.9 cm³/mol. The van der Waals surface area contributed by atoms with E-state index in [4.69, 9.17) is 11.6 Å². The number of halogens is 2. The van der Waals surface area contributed by atoms with Crippen LogP contribution in [-0.2, 0) is 0 Å². The van der Waals surface area contributed by atoms with Crippen molar-refractivity contribution in [2.45, 2.75) is 0 Å². The van der Waals surface area contributed by atoms with Crippen molar-refractivity contribution in [3.05, 3.63) is 53.1 Å². The van der Waals surface area contributed by atoms with Gasteiger partial charge in [-0.25, -0.2) is 4.98 Å². The monoisotopic (exact) mass is 293 g/mol. The van der Waals surface area contributed by atoms with Gasteiger partial charge in [0.25, 0.3) is 5.91 Å². The molecular formula is C14H13ClFN3O. The van der Waals surface area contributed by atoms with Crippen LogP contribution in [0.5, 0.6) is 0 Å². The third-order valence-corrected chi connectivity index (χ3v) is 2.99. The zero-order valence-electron chi connectivity index (χ0n) is 11.0. The Hall–Kier alpha value is -2.14. The maximum Gasteiger partial charge on any atom is 0.260 e. The second-order valence-electron chi connectivity index (χ2n) is 4.36. The molecule has 0 fully saturated rings. The lowest BCUT2D eigenvalue weighted by molar-refractivity contribution is 0.102. The van der Waals surface area contributed by atoms with Gasteiger partial charge in [0.2, 0.25) is 5.95 Å². The SMILES string of the molecule is CN(C)c1ccc(NC(=O)c2cccnc2F)cc1Cl. The summed E-state index contributed by atoms with van der Waals surface area (Å²) in [5.41, 5.74) is 1.21. The molecule has 0 atom stereocenters. The minimum Gasteiger partial charge on any atom is -0.376 e. The van der Waals surface area contributed by atoms with Crippen molar-refractivity contribution in [1.29, 1.82) is 0 Å². The Bertz CT molecular complexity index is 646. The Morgan fingerprint density at radius 2 is 2.10 bits per heavy atom. The molecule has 0 aliphatic rings. The highest BCUT2D eigenvalue weighted by atomic mass is 35.5. The van der Waals surface area contributed by atoms with Crippen molar-refractivity contribution in [3.8, 4) is 0 Å². The smallest absolute Gasteiger partial charge is 0.260 e. The lowest BCUT2D eigenvalue weighted by Gasteiger charge is -2.15. The first-order valence-corrected chi connectivity index (χ1v) is 6.25. The quantitative estimate of drug-likeness (QED) is 0.884. The third kappa shape index (κ3) is 3.05. The summed E-state index contributed by atoms with van der Waals surface area (Å²) in [6.07, 6.45) is 1.29. The number of amides is 1. The first kappa shape index (κ1) is 14.3. The molecule has 1 N–H and O–H groups in total. The van der Waals surface area contributed by atoms with E-state index in [-0.39, 0.29) is 5.56 Å². The Labute approximate surface area is 121 Å². The van der Waals surface area contributed by atoms with E-state index in [1.165, 1.54) is 18.3 Å². The molecule has 0 spiro atoms. The van der Waals surface area contributed by atoms with Gasteiger partial charge in [-0.15, -0.1) is 0 Å². The van der Waals surface area contributed by atoms with Crippen LogP contribution >= 0.6 is 11.6 Å². The average molecular weight is 294 g/mol. The number of carbonyl (C=O) groups is 1. The van der Waals surface area contributed by atoms with E-state index >= 15 is 0 Å². The van der Waals surface area contributed by atoms with Gasteiger partial charge in [-0.2, -0.15) is 4.39 Å². The fraction of sp³-hybridized carbons (Fsp3) is 0.143. The molecule has 6 heteroatoms. The average Bonchev–Trinajstić information content (AvgIpc) is 2.38. The molecule has 2 aromatic rings. The summed E-state index contributed by atoms with van der Waals surface area (Å²) < 4.78 is 13.4. The van der Waals surface area contributed by atoms with Crippen molar-refractivity contribution in [1.82, 2.24) is 4.98 Å². The molecule has 0 radical (unpaired) electrons. The zero-order chi connectivity index (χ0) is 14.7. The van der Waals surface area contributed by atoms with Gasteiger partial charge < -0.3 is 10.2 Å². The highest BCUT2D eigenvalue weighted by Crippen LogP contribution is 2.27. The van der Waals surface area contributed by atoms with Crippen molar-refractivity contribution >= 4 is 28.9 Å². The van der Waals surface area contributed by atoms with Crippen LogP contribution in [0.2, 0.25) is 5.02 Å². The molecule has 0 unspecified atom stereocenters. The Balaban J connectivity index is 2.21. The van der Waals surface area contributed by atoms with Crippen LogP contribution in [-0.4, -0.2) is 25.0 Å². The Morgan fingerprint density at radius 1 is 1.35 bits per heavy atom. The minimum atomic E-state index is -0.805. The fourth-order valence-electron chi connectivity index (χ4n) is 1.70. The molecule has 0 saturated carbocycles. The van der Waals surface area contributed by atoms with E-state index in [0.717, 1.165) is 5.69 Å². The summed E-state index contributed by atoms with van der Waals surface area (Å²) >= 11 is 6.11. The molecule has 1 aromatic heterocycles. The molecule has 2 rings (SSSR count). The summed E-state index contributed by atoms with van der Waals surface area (Å²) in [6, 6.07) is 7.96. The highest BCUT2D eigenvalue weighted by molar-refractivity contribution is 6.33. The number of rotatable bonds is 3. The van der Waals surface area contributed by atoms with Gasteiger partial charge in [0, 0.05) is 26.0 Å². The summed E-state index contributed by atoms with van der Waals surface area (Å²) in [4.78, 5) is 17.2. The van der Waals surface area contributed by atoms with Crippen molar-refractivity contribution in [3.63, 3.8) is 0 Å². The molecular weight excluding hydrogens is 281 g/mol. The lowest BCUT2D eigenvalue weighted by Crippen LogP contribution is -2.15. The fourth-order valence-corrected chi connectivity index (χ4v) is 2.05. The number of hydrogen-bond acceptors (Lipinski definition) is 3. The van der Waals surface area contributed by atoms with Crippen LogP contribution in [0.15, 0.2) is 36.5 Å². The molecule has 0 aliphatic carbocycles. The number of aromatic nitrogens is 1. The van der Waals surface area contributed by atoms with Crippen LogP contribution < -0.4 is 10.2 Å². The first-order chi connectivity index (χ1) is 9.49. The van der Waals surface area contributed by atoms with Crippen LogP contribution in [0.1, 0.15) is 10.4 Å².